The molecule has 0 aromatic carbocycles. The van der Waals surface area contributed by atoms with E-state index in [4.69, 9.17) is 0 Å². The first-order valence-electron chi connectivity index (χ1n) is 7.07. The molecule has 1 heterocycles. The second-order valence-electron chi connectivity index (χ2n) is 5.30. The van der Waals surface area contributed by atoms with Crippen molar-refractivity contribution in [3.63, 3.8) is 0 Å². The standard InChI is InChI=1S/C14H27N3OS/c1-4-8-15-14(2,12-18)7-5-6-9-19-13-10-16-17(3)11-13/h10-11,15,18H,4-9,12H2,1-3H3. The monoisotopic (exact) mass is 285 g/mol. The molecule has 0 fully saturated rings. The van der Waals surface area contributed by atoms with Gasteiger partial charge in [0.05, 0.1) is 12.8 Å². The fraction of sp³-hybridized carbons (Fsp3) is 0.786. The minimum absolute atomic E-state index is 0.116. The van der Waals surface area contributed by atoms with Crippen LogP contribution in [0.25, 0.3) is 0 Å². The Hall–Kier alpha value is -0.520. The molecule has 0 aliphatic heterocycles. The Balaban J connectivity index is 2.15. The molecule has 0 bridgehead atoms. The smallest absolute Gasteiger partial charge is 0.0625 e. The molecule has 110 valence electrons. The molecular weight excluding hydrogens is 258 g/mol. The predicted molar refractivity (Wildman–Crippen MR) is 81.6 cm³/mol. The maximum atomic E-state index is 9.47. The van der Waals surface area contributed by atoms with Crippen molar-refractivity contribution in [2.75, 3.05) is 18.9 Å². The molecule has 5 heteroatoms. The number of aryl methyl sites for hydroxylation is 1. The zero-order valence-electron chi connectivity index (χ0n) is 12.4. The molecule has 0 spiro atoms. The predicted octanol–water partition coefficient (Wildman–Crippen LogP) is 2.43. The number of thioether (sulfide) groups is 1. The van der Waals surface area contributed by atoms with Gasteiger partial charge in [-0.1, -0.05) is 13.3 Å². The van der Waals surface area contributed by atoms with E-state index < -0.39 is 0 Å². The van der Waals surface area contributed by atoms with Gasteiger partial charge in [0, 0.05) is 23.7 Å². The highest BCUT2D eigenvalue weighted by atomic mass is 32.2. The summed E-state index contributed by atoms with van der Waals surface area (Å²) in [5.41, 5.74) is -0.116. The lowest BCUT2D eigenvalue weighted by Crippen LogP contribution is -2.46. The van der Waals surface area contributed by atoms with Crippen molar-refractivity contribution in [1.29, 1.82) is 0 Å². The van der Waals surface area contributed by atoms with E-state index in [2.05, 4.69) is 24.3 Å². The van der Waals surface area contributed by atoms with Crippen LogP contribution < -0.4 is 5.32 Å². The van der Waals surface area contributed by atoms with Gasteiger partial charge in [0.2, 0.25) is 0 Å². The summed E-state index contributed by atoms with van der Waals surface area (Å²) in [5, 5.41) is 17.1. The van der Waals surface area contributed by atoms with Gasteiger partial charge in [-0.05, 0) is 38.5 Å². The third-order valence-electron chi connectivity index (χ3n) is 3.22. The number of aliphatic hydroxyl groups is 1. The van der Waals surface area contributed by atoms with Crippen molar-refractivity contribution in [3.05, 3.63) is 12.4 Å². The molecular formula is C14H27N3OS. The lowest BCUT2D eigenvalue weighted by atomic mass is 9.96. The van der Waals surface area contributed by atoms with Crippen LogP contribution in [-0.4, -0.2) is 39.3 Å². The number of nitrogens with one attached hydrogen (secondary N) is 1. The van der Waals surface area contributed by atoms with E-state index in [9.17, 15) is 5.11 Å². The van der Waals surface area contributed by atoms with Crippen LogP contribution in [0.15, 0.2) is 17.3 Å². The zero-order valence-corrected chi connectivity index (χ0v) is 13.2. The molecule has 0 amide bonds. The summed E-state index contributed by atoms with van der Waals surface area (Å²) in [5.74, 6) is 1.11. The van der Waals surface area contributed by atoms with Gasteiger partial charge in [0.1, 0.15) is 0 Å². The lowest BCUT2D eigenvalue weighted by Gasteiger charge is -2.28. The fourth-order valence-corrected chi connectivity index (χ4v) is 2.86. The first kappa shape index (κ1) is 16.5. The Morgan fingerprint density at radius 3 is 2.84 bits per heavy atom. The van der Waals surface area contributed by atoms with Crippen molar-refractivity contribution in [2.24, 2.45) is 7.05 Å². The second-order valence-corrected chi connectivity index (χ2v) is 6.47. The highest BCUT2D eigenvalue weighted by Crippen LogP contribution is 2.20. The normalized spacial score (nSPS) is 14.5. The molecule has 1 aromatic rings. The first-order valence-corrected chi connectivity index (χ1v) is 8.05. The van der Waals surface area contributed by atoms with Crippen LogP contribution in [0.4, 0.5) is 0 Å². The van der Waals surface area contributed by atoms with Crippen molar-refractivity contribution in [1.82, 2.24) is 15.1 Å². The van der Waals surface area contributed by atoms with E-state index in [1.165, 1.54) is 11.3 Å². The number of rotatable bonds is 10. The number of aliphatic hydroxyl groups excluding tert-OH is 1. The summed E-state index contributed by atoms with van der Waals surface area (Å²) in [6.45, 7) is 5.44. The fourth-order valence-electron chi connectivity index (χ4n) is 1.93. The van der Waals surface area contributed by atoms with E-state index in [0.29, 0.717) is 0 Å². The molecule has 19 heavy (non-hydrogen) atoms. The Morgan fingerprint density at radius 2 is 2.26 bits per heavy atom. The van der Waals surface area contributed by atoms with Gasteiger partial charge in [-0.15, -0.1) is 11.8 Å². The number of hydrogen-bond acceptors (Lipinski definition) is 4. The Kier molecular flexibility index (Phi) is 7.49. The third-order valence-corrected chi connectivity index (χ3v) is 4.26. The van der Waals surface area contributed by atoms with Crippen molar-refractivity contribution < 1.29 is 5.11 Å². The second kappa shape index (κ2) is 8.61. The number of unbranched alkanes of at least 4 members (excludes halogenated alkanes) is 1. The summed E-state index contributed by atoms with van der Waals surface area (Å²) < 4.78 is 1.83. The van der Waals surface area contributed by atoms with Crippen LogP contribution in [0.1, 0.15) is 39.5 Å². The van der Waals surface area contributed by atoms with Gasteiger partial charge in [0.15, 0.2) is 0 Å². The van der Waals surface area contributed by atoms with Gasteiger partial charge < -0.3 is 10.4 Å². The van der Waals surface area contributed by atoms with Crippen molar-refractivity contribution in [3.8, 4) is 0 Å². The summed E-state index contributed by atoms with van der Waals surface area (Å²) in [4.78, 5) is 1.23. The quantitative estimate of drug-likeness (QED) is 0.512. The lowest BCUT2D eigenvalue weighted by molar-refractivity contribution is 0.163. The van der Waals surface area contributed by atoms with Gasteiger partial charge in [-0.3, -0.25) is 4.68 Å². The van der Waals surface area contributed by atoms with Gasteiger partial charge in [0.25, 0.3) is 0 Å². The Labute approximate surface area is 121 Å². The minimum Gasteiger partial charge on any atom is -0.394 e. The van der Waals surface area contributed by atoms with Crippen LogP contribution in [0, 0.1) is 0 Å². The molecule has 0 saturated carbocycles. The molecule has 0 saturated heterocycles. The molecule has 4 nitrogen and oxygen atoms in total. The molecule has 0 aliphatic rings. The topological polar surface area (TPSA) is 50.1 Å². The number of aromatic nitrogens is 2. The summed E-state index contributed by atoms with van der Waals surface area (Å²) >= 11 is 1.85. The zero-order chi connectivity index (χ0) is 14.1. The number of hydrogen-bond donors (Lipinski definition) is 2. The van der Waals surface area contributed by atoms with Crippen molar-refractivity contribution in [2.45, 2.75) is 50.0 Å². The molecule has 0 radical (unpaired) electrons. The maximum Gasteiger partial charge on any atom is 0.0625 e. The average Bonchev–Trinajstić information content (AvgIpc) is 2.82. The highest BCUT2D eigenvalue weighted by molar-refractivity contribution is 7.99. The van der Waals surface area contributed by atoms with E-state index >= 15 is 0 Å². The average molecular weight is 285 g/mol. The molecule has 0 aliphatic carbocycles. The molecule has 2 N–H and O–H groups in total. The van der Waals surface area contributed by atoms with Gasteiger partial charge in [-0.25, -0.2) is 0 Å². The van der Waals surface area contributed by atoms with Crippen LogP contribution in [0.2, 0.25) is 0 Å². The van der Waals surface area contributed by atoms with E-state index in [1.807, 2.05) is 35.9 Å². The SMILES string of the molecule is CCCNC(C)(CO)CCCCSc1cnn(C)c1. The van der Waals surface area contributed by atoms with Crippen LogP contribution >= 0.6 is 11.8 Å². The third kappa shape index (κ3) is 6.45. The van der Waals surface area contributed by atoms with Gasteiger partial charge >= 0.3 is 0 Å². The van der Waals surface area contributed by atoms with E-state index in [1.54, 1.807) is 0 Å². The number of nitrogens with zero attached hydrogens (tertiary/aromatic N) is 2. The van der Waals surface area contributed by atoms with Crippen molar-refractivity contribution >= 4 is 11.8 Å². The first-order chi connectivity index (χ1) is 9.09. The van der Waals surface area contributed by atoms with E-state index in [0.717, 1.165) is 31.6 Å². The largest absolute Gasteiger partial charge is 0.394 e. The Morgan fingerprint density at radius 1 is 1.47 bits per heavy atom. The summed E-state index contributed by atoms with van der Waals surface area (Å²) in [6, 6.07) is 0. The highest BCUT2D eigenvalue weighted by Gasteiger charge is 2.21. The van der Waals surface area contributed by atoms with Crippen LogP contribution in [0.3, 0.4) is 0 Å². The maximum absolute atomic E-state index is 9.47. The summed E-state index contributed by atoms with van der Waals surface area (Å²) in [6.07, 6.45) is 8.39. The Bertz CT molecular complexity index is 356. The van der Waals surface area contributed by atoms with E-state index in [-0.39, 0.29) is 12.1 Å². The van der Waals surface area contributed by atoms with Crippen LogP contribution in [0.5, 0.6) is 0 Å². The summed E-state index contributed by atoms with van der Waals surface area (Å²) in [7, 11) is 1.94. The van der Waals surface area contributed by atoms with Gasteiger partial charge in [-0.2, -0.15) is 5.10 Å². The molecule has 1 unspecified atom stereocenters. The molecule has 1 atom stereocenters. The molecule has 1 aromatic heterocycles. The minimum atomic E-state index is -0.116. The van der Waals surface area contributed by atoms with Crippen LogP contribution in [-0.2, 0) is 7.05 Å². The molecule has 1 rings (SSSR count).